The van der Waals surface area contributed by atoms with E-state index in [9.17, 15) is 4.79 Å². The monoisotopic (exact) mass is 209 g/mol. The quantitative estimate of drug-likeness (QED) is 0.724. The van der Waals surface area contributed by atoms with E-state index < -0.39 is 0 Å². The van der Waals surface area contributed by atoms with Gasteiger partial charge in [-0.1, -0.05) is 19.9 Å². The van der Waals surface area contributed by atoms with Crippen molar-refractivity contribution in [1.29, 1.82) is 0 Å². The second kappa shape index (κ2) is 5.53. The zero-order valence-corrected chi connectivity index (χ0v) is 9.42. The van der Waals surface area contributed by atoms with Gasteiger partial charge < -0.3 is 11.1 Å². The molecule has 1 aliphatic rings. The van der Waals surface area contributed by atoms with Crippen molar-refractivity contribution in [2.45, 2.75) is 39.2 Å². The van der Waals surface area contributed by atoms with E-state index in [1.807, 2.05) is 13.0 Å². The molecule has 84 valence electrons. The maximum Gasteiger partial charge on any atom is 0.254 e. The van der Waals surface area contributed by atoms with Crippen molar-refractivity contribution in [2.75, 3.05) is 6.54 Å². The topological polar surface area (TPSA) is 67.5 Å². The zero-order valence-electron chi connectivity index (χ0n) is 9.42. The molecule has 0 spiro atoms. The number of carbonyl (C=O) groups is 1. The van der Waals surface area contributed by atoms with E-state index in [2.05, 4.69) is 17.2 Å². The number of amides is 1. The van der Waals surface area contributed by atoms with Crippen molar-refractivity contribution in [2.24, 2.45) is 10.7 Å². The number of nitrogens with two attached hydrogens (primary N) is 1. The molecular weight excluding hydrogens is 190 g/mol. The second-order valence-electron chi connectivity index (χ2n) is 3.69. The molecule has 1 unspecified atom stereocenters. The lowest BCUT2D eigenvalue weighted by molar-refractivity contribution is -0.117. The standard InChI is InChI=1S/C11H19N3O/c1-3-7-13-11(15)9-6-5-8(4-2)14-10(9)12/h6,8H,3-5,7H2,1-2H3,(H2,12,14)(H,13,15). The fourth-order valence-electron chi connectivity index (χ4n) is 1.48. The third kappa shape index (κ3) is 3.08. The molecule has 1 aliphatic heterocycles. The molecule has 1 rings (SSSR count). The minimum absolute atomic E-state index is 0.104. The van der Waals surface area contributed by atoms with Crippen LogP contribution in [0.3, 0.4) is 0 Å². The maximum absolute atomic E-state index is 11.6. The lowest BCUT2D eigenvalue weighted by atomic mass is 10.0. The van der Waals surface area contributed by atoms with Gasteiger partial charge in [-0.05, 0) is 19.3 Å². The lowest BCUT2D eigenvalue weighted by Gasteiger charge is -2.17. The molecule has 0 fully saturated rings. The molecule has 0 bridgehead atoms. The molecule has 1 heterocycles. The van der Waals surface area contributed by atoms with Crippen LogP contribution in [-0.2, 0) is 4.79 Å². The average molecular weight is 209 g/mol. The first kappa shape index (κ1) is 11.8. The average Bonchev–Trinajstić information content (AvgIpc) is 2.25. The van der Waals surface area contributed by atoms with Crippen LogP contribution in [-0.4, -0.2) is 24.3 Å². The number of rotatable bonds is 4. The van der Waals surface area contributed by atoms with Crippen LogP contribution in [0.2, 0.25) is 0 Å². The number of hydrogen-bond acceptors (Lipinski definition) is 3. The number of aliphatic imine (C=N–C) groups is 1. The van der Waals surface area contributed by atoms with E-state index in [0.29, 0.717) is 18.0 Å². The Balaban J connectivity index is 2.61. The number of carbonyl (C=O) groups excluding carboxylic acids is 1. The van der Waals surface area contributed by atoms with Crippen LogP contribution in [0.5, 0.6) is 0 Å². The number of nitrogens with one attached hydrogen (secondary N) is 1. The van der Waals surface area contributed by atoms with Gasteiger partial charge in [0, 0.05) is 6.54 Å². The Morgan fingerprint density at radius 1 is 1.67 bits per heavy atom. The van der Waals surface area contributed by atoms with E-state index in [1.165, 1.54) is 0 Å². The van der Waals surface area contributed by atoms with Gasteiger partial charge in [-0.2, -0.15) is 0 Å². The maximum atomic E-state index is 11.6. The van der Waals surface area contributed by atoms with E-state index in [-0.39, 0.29) is 11.9 Å². The van der Waals surface area contributed by atoms with E-state index >= 15 is 0 Å². The van der Waals surface area contributed by atoms with Crippen molar-refractivity contribution in [3.63, 3.8) is 0 Å². The molecule has 0 aromatic carbocycles. The molecule has 0 saturated carbocycles. The zero-order chi connectivity index (χ0) is 11.3. The molecule has 4 heteroatoms. The summed E-state index contributed by atoms with van der Waals surface area (Å²) in [5.41, 5.74) is 6.27. The highest BCUT2D eigenvalue weighted by Crippen LogP contribution is 2.13. The van der Waals surface area contributed by atoms with Crippen molar-refractivity contribution in [3.05, 3.63) is 11.6 Å². The van der Waals surface area contributed by atoms with Crippen molar-refractivity contribution in [3.8, 4) is 0 Å². The number of nitrogens with zero attached hydrogens (tertiary/aromatic N) is 1. The smallest absolute Gasteiger partial charge is 0.254 e. The van der Waals surface area contributed by atoms with Crippen LogP contribution in [0.1, 0.15) is 33.1 Å². The molecule has 1 amide bonds. The molecule has 0 radical (unpaired) electrons. The van der Waals surface area contributed by atoms with Gasteiger partial charge in [-0.3, -0.25) is 9.79 Å². The highest BCUT2D eigenvalue weighted by atomic mass is 16.1. The largest absolute Gasteiger partial charge is 0.383 e. The Morgan fingerprint density at radius 2 is 2.40 bits per heavy atom. The van der Waals surface area contributed by atoms with Gasteiger partial charge >= 0.3 is 0 Å². The van der Waals surface area contributed by atoms with E-state index in [4.69, 9.17) is 5.73 Å². The van der Waals surface area contributed by atoms with Crippen molar-refractivity contribution < 1.29 is 4.79 Å². The lowest BCUT2D eigenvalue weighted by Crippen LogP contribution is -2.34. The minimum atomic E-state index is -0.104. The molecule has 4 nitrogen and oxygen atoms in total. The normalized spacial score (nSPS) is 20.5. The fraction of sp³-hybridized carbons (Fsp3) is 0.636. The summed E-state index contributed by atoms with van der Waals surface area (Å²) in [6.45, 7) is 4.76. The highest BCUT2D eigenvalue weighted by Gasteiger charge is 2.18. The molecule has 0 aromatic heterocycles. The predicted octanol–water partition coefficient (Wildman–Crippen LogP) is 0.978. The van der Waals surface area contributed by atoms with Crippen molar-refractivity contribution >= 4 is 11.7 Å². The molecule has 15 heavy (non-hydrogen) atoms. The van der Waals surface area contributed by atoms with Crippen LogP contribution in [0.4, 0.5) is 0 Å². The second-order valence-corrected chi connectivity index (χ2v) is 3.69. The Bertz CT molecular complexity index is 294. The van der Waals surface area contributed by atoms with Gasteiger partial charge in [0.1, 0.15) is 5.84 Å². The van der Waals surface area contributed by atoms with Crippen molar-refractivity contribution in [1.82, 2.24) is 5.32 Å². The first-order valence-electron chi connectivity index (χ1n) is 5.51. The van der Waals surface area contributed by atoms with Gasteiger partial charge in [0.2, 0.25) is 0 Å². The molecule has 0 aromatic rings. The highest BCUT2D eigenvalue weighted by molar-refractivity contribution is 6.20. The molecule has 0 aliphatic carbocycles. The van der Waals surface area contributed by atoms with Gasteiger partial charge in [0.15, 0.2) is 0 Å². The third-order valence-corrected chi connectivity index (χ3v) is 2.44. The minimum Gasteiger partial charge on any atom is -0.383 e. The Hall–Kier alpha value is -1.32. The van der Waals surface area contributed by atoms with Gasteiger partial charge in [0.25, 0.3) is 5.91 Å². The Labute approximate surface area is 90.6 Å². The molecule has 3 N–H and O–H groups in total. The van der Waals surface area contributed by atoms with E-state index in [0.717, 1.165) is 19.3 Å². The first-order valence-corrected chi connectivity index (χ1v) is 5.51. The summed E-state index contributed by atoms with van der Waals surface area (Å²) < 4.78 is 0. The number of dihydropyridines is 1. The number of hydrogen-bond donors (Lipinski definition) is 2. The van der Waals surface area contributed by atoms with Crippen LogP contribution in [0.25, 0.3) is 0 Å². The Morgan fingerprint density at radius 3 is 2.93 bits per heavy atom. The molecule has 0 saturated heterocycles. The Kier molecular flexibility index (Phi) is 4.34. The molecular formula is C11H19N3O. The summed E-state index contributed by atoms with van der Waals surface area (Å²) in [7, 11) is 0. The number of amidine groups is 1. The van der Waals surface area contributed by atoms with Crippen LogP contribution < -0.4 is 11.1 Å². The third-order valence-electron chi connectivity index (χ3n) is 2.44. The predicted molar refractivity (Wildman–Crippen MR) is 61.7 cm³/mol. The summed E-state index contributed by atoms with van der Waals surface area (Å²) in [5, 5.41) is 2.80. The van der Waals surface area contributed by atoms with Gasteiger partial charge in [-0.15, -0.1) is 0 Å². The summed E-state index contributed by atoms with van der Waals surface area (Å²) in [6, 6.07) is 0.243. The van der Waals surface area contributed by atoms with Crippen LogP contribution in [0.15, 0.2) is 16.6 Å². The molecule has 1 atom stereocenters. The van der Waals surface area contributed by atoms with Crippen LogP contribution in [0, 0.1) is 0 Å². The first-order chi connectivity index (χ1) is 7.19. The summed E-state index contributed by atoms with van der Waals surface area (Å²) >= 11 is 0. The fourth-order valence-corrected chi connectivity index (χ4v) is 1.48. The van der Waals surface area contributed by atoms with Crippen LogP contribution >= 0.6 is 0 Å². The SMILES string of the molecule is CCCNC(=O)C1=CCC(CC)N=C1N. The summed E-state index contributed by atoms with van der Waals surface area (Å²) in [6.07, 6.45) is 4.59. The summed E-state index contributed by atoms with van der Waals surface area (Å²) in [5.74, 6) is 0.273. The van der Waals surface area contributed by atoms with E-state index in [1.54, 1.807) is 0 Å². The van der Waals surface area contributed by atoms with Gasteiger partial charge in [-0.25, -0.2) is 0 Å². The summed E-state index contributed by atoms with van der Waals surface area (Å²) in [4.78, 5) is 15.9. The van der Waals surface area contributed by atoms with Gasteiger partial charge in [0.05, 0.1) is 11.6 Å².